The van der Waals surface area contributed by atoms with Crippen molar-refractivity contribution in [2.75, 3.05) is 0 Å². The second kappa shape index (κ2) is 5.27. The first kappa shape index (κ1) is 13.7. The highest BCUT2D eigenvalue weighted by Gasteiger charge is 2.23. The predicted molar refractivity (Wildman–Crippen MR) is 74.9 cm³/mol. The van der Waals surface area contributed by atoms with Gasteiger partial charge in [0.15, 0.2) is 11.3 Å². The van der Waals surface area contributed by atoms with Gasteiger partial charge in [-0.3, -0.25) is 4.79 Å². The number of nitrogens with zero attached hydrogens (tertiary/aromatic N) is 5. The number of carbonyl (C=O) groups is 1. The molecule has 1 aliphatic rings. The molecule has 1 fully saturated rings. The van der Waals surface area contributed by atoms with Gasteiger partial charge in [-0.15, -0.1) is 5.10 Å². The summed E-state index contributed by atoms with van der Waals surface area (Å²) in [5, 5.41) is 10.5. The highest BCUT2D eigenvalue weighted by atomic mass is 16.2. The molecule has 0 bridgehead atoms. The minimum absolute atomic E-state index is 0.152. The molecule has 0 unspecified atom stereocenters. The highest BCUT2D eigenvalue weighted by molar-refractivity contribution is 5.97. The molecule has 3 rings (SSSR count). The van der Waals surface area contributed by atoms with Crippen LogP contribution in [0.5, 0.6) is 0 Å². The van der Waals surface area contributed by atoms with E-state index in [0.29, 0.717) is 0 Å². The molecule has 21 heavy (non-hydrogen) atoms. The Morgan fingerprint density at radius 3 is 2.76 bits per heavy atom. The van der Waals surface area contributed by atoms with Crippen molar-refractivity contribution in [2.45, 2.75) is 38.6 Å². The number of hydrogen-bond acceptors (Lipinski definition) is 5. The van der Waals surface area contributed by atoms with Crippen LogP contribution in [0.3, 0.4) is 0 Å². The van der Waals surface area contributed by atoms with Gasteiger partial charge in [0.2, 0.25) is 0 Å². The fourth-order valence-corrected chi connectivity index (χ4v) is 2.70. The van der Waals surface area contributed by atoms with Crippen molar-refractivity contribution in [1.82, 2.24) is 29.7 Å². The third-order valence-electron chi connectivity index (χ3n) is 4.06. The Morgan fingerprint density at radius 1 is 1.33 bits per heavy atom. The lowest BCUT2D eigenvalue weighted by atomic mass is 9.87. The normalized spacial score (nSPS) is 22.4. The van der Waals surface area contributed by atoms with E-state index in [4.69, 9.17) is 0 Å². The van der Waals surface area contributed by atoms with Crippen LogP contribution in [0.2, 0.25) is 0 Å². The van der Waals surface area contributed by atoms with Gasteiger partial charge >= 0.3 is 5.69 Å². The third kappa shape index (κ3) is 2.53. The number of amides is 1. The van der Waals surface area contributed by atoms with Gasteiger partial charge in [-0.1, -0.05) is 12.1 Å². The van der Waals surface area contributed by atoms with E-state index in [2.05, 4.69) is 27.5 Å². The first-order valence-corrected chi connectivity index (χ1v) is 7.14. The molecular weight excluding hydrogens is 272 g/mol. The third-order valence-corrected chi connectivity index (χ3v) is 4.06. The van der Waals surface area contributed by atoms with Gasteiger partial charge in [0.25, 0.3) is 5.91 Å². The smallest absolute Gasteiger partial charge is 0.348 e. The summed E-state index contributed by atoms with van der Waals surface area (Å²) in [5.41, 5.74) is -0.0309. The number of fused-ring (bicyclic) bond motifs is 1. The van der Waals surface area contributed by atoms with Crippen molar-refractivity contribution < 1.29 is 4.79 Å². The van der Waals surface area contributed by atoms with Crippen LogP contribution in [-0.2, 0) is 7.05 Å². The SMILES string of the molecule is CC1CCC(NC(=O)c2ncn3c(=O)n(C)nnc23)CC1. The molecule has 8 heteroatoms. The van der Waals surface area contributed by atoms with Crippen LogP contribution in [0.15, 0.2) is 11.1 Å². The summed E-state index contributed by atoms with van der Waals surface area (Å²) in [6.07, 6.45) is 5.51. The largest absolute Gasteiger partial charge is 0.352 e. The molecule has 0 aliphatic heterocycles. The summed E-state index contributed by atoms with van der Waals surface area (Å²) in [4.78, 5) is 28.2. The van der Waals surface area contributed by atoms with Crippen LogP contribution < -0.4 is 11.0 Å². The van der Waals surface area contributed by atoms with E-state index in [0.717, 1.165) is 36.3 Å². The zero-order valence-corrected chi connectivity index (χ0v) is 12.1. The van der Waals surface area contributed by atoms with Gasteiger partial charge in [-0.25, -0.2) is 14.2 Å². The molecule has 1 amide bonds. The van der Waals surface area contributed by atoms with Crippen LogP contribution in [0, 0.1) is 5.92 Å². The first-order valence-electron chi connectivity index (χ1n) is 7.14. The average Bonchev–Trinajstić information content (AvgIpc) is 2.90. The maximum atomic E-state index is 12.3. The number of carbonyl (C=O) groups excluding carboxylic acids is 1. The summed E-state index contributed by atoms with van der Waals surface area (Å²) < 4.78 is 2.32. The summed E-state index contributed by atoms with van der Waals surface area (Å²) in [6, 6.07) is 0.171. The minimum atomic E-state index is -0.377. The van der Waals surface area contributed by atoms with Crippen LogP contribution >= 0.6 is 0 Å². The second-order valence-electron chi connectivity index (χ2n) is 5.71. The molecule has 2 aromatic heterocycles. The lowest BCUT2D eigenvalue weighted by Gasteiger charge is -2.26. The topological polar surface area (TPSA) is 94.2 Å². The fourth-order valence-electron chi connectivity index (χ4n) is 2.70. The van der Waals surface area contributed by atoms with Crippen molar-refractivity contribution in [3.63, 3.8) is 0 Å². The zero-order valence-electron chi connectivity index (χ0n) is 12.1. The standard InChI is InChI=1S/C13H18N6O2/c1-8-3-5-9(6-4-8)15-12(20)10-11-16-17-18(2)13(21)19(11)7-14-10/h7-9H,3-6H2,1-2H3,(H,15,20). The molecule has 0 aromatic carbocycles. The van der Waals surface area contributed by atoms with Crippen LogP contribution in [0.1, 0.15) is 43.1 Å². The van der Waals surface area contributed by atoms with E-state index >= 15 is 0 Å². The fraction of sp³-hybridized carbons (Fsp3) is 0.615. The highest BCUT2D eigenvalue weighted by Crippen LogP contribution is 2.23. The number of imidazole rings is 1. The Balaban J connectivity index is 1.82. The Bertz CT molecular complexity index is 726. The molecule has 2 aromatic rings. The zero-order chi connectivity index (χ0) is 15.0. The van der Waals surface area contributed by atoms with Crippen molar-refractivity contribution in [1.29, 1.82) is 0 Å². The van der Waals surface area contributed by atoms with E-state index in [1.807, 2.05) is 0 Å². The van der Waals surface area contributed by atoms with Gasteiger partial charge in [0.05, 0.1) is 0 Å². The summed E-state index contributed by atoms with van der Waals surface area (Å²) in [5.74, 6) is 0.431. The molecule has 1 N–H and O–H groups in total. The first-order chi connectivity index (χ1) is 10.1. The maximum absolute atomic E-state index is 12.3. The van der Waals surface area contributed by atoms with Crippen molar-refractivity contribution in [3.05, 3.63) is 22.5 Å². The number of aromatic nitrogens is 5. The van der Waals surface area contributed by atoms with Gasteiger partial charge < -0.3 is 5.32 Å². The second-order valence-corrected chi connectivity index (χ2v) is 5.71. The van der Waals surface area contributed by atoms with E-state index < -0.39 is 0 Å². The predicted octanol–water partition coefficient (Wildman–Crippen LogP) is 0.131. The summed E-state index contributed by atoms with van der Waals surface area (Å²) >= 11 is 0. The van der Waals surface area contributed by atoms with Crippen LogP contribution in [-0.4, -0.2) is 36.3 Å². The van der Waals surface area contributed by atoms with E-state index in [9.17, 15) is 9.59 Å². The Kier molecular flexibility index (Phi) is 3.44. The Labute approximate surface area is 121 Å². The quantitative estimate of drug-likeness (QED) is 0.848. The molecule has 0 saturated heterocycles. The molecule has 1 aliphatic carbocycles. The summed E-state index contributed by atoms with van der Waals surface area (Å²) in [6.45, 7) is 2.23. The van der Waals surface area contributed by atoms with E-state index in [-0.39, 0.29) is 29.0 Å². The molecule has 8 nitrogen and oxygen atoms in total. The van der Waals surface area contributed by atoms with E-state index in [1.165, 1.54) is 17.8 Å². The molecule has 1 saturated carbocycles. The monoisotopic (exact) mass is 290 g/mol. The Morgan fingerprint density at radius 2 is 2.05 bits per heavy atom. The molecule has 112 valence electrons. The maximum Gasteiger partial charge on any atom is 0.352 e. The average molecular weight is 290 g/mol. The van der Waals surface area contributed by atoms with Crippen LogP contribution in [0.4, 0.5) is 0 Å². The van der Waals surface area contributed by atoms with E-state index in [1.54, 1.807) is 0 Å². The molecule has 0 atom stereocenters. The summed E-state index contributed by atoms with van der Waals surface area (Å²) in [7, 11) is 1.50. The van der Waals surface area contributed by atoms with Crippen LogP contribution in [0.25, 0.3) is 5.65 Å². The minimum Gasteiger partial charge on any atom is -0.348 e. The number of nitrogens with one attached hydrogen (secondary N) is 1. The number of aryl methyl sites for hydroxylation is 1. The van der Waals surface area contributed by atoms with Gasteiger partial charge in [0.1, 0.15) is 6.33 Å². The van der Waals surface area contributed by atoms with Crippen molar-refractivity contribution in [3.8, 4) is 0 Å². The molecule has 0 spiro atoms. The lowest BCUT2D eigenvalue weighted by molar-refractivity contribution is 0.0920. The number of rotatable bonds is 2. The van der Waals surface area contributed by atoms with Gasteiger partial charge in [0, 0.05) is 13.1 Å². The van der Waals surface area contributed by atoms with Gasteiger partial charge in [-0.05, 0) is 31.6 Å². The van der Waals surface area contributed by atoms with Crippen molar-refractivity contribution >= 4 is 11.6 Å². The lowest BCUT2D eigenvalue weighted by Crippen LogP contribution is -2.37. The Hall–Kier alpha value is -2.25. The molecular formula is C13H18N6O2. The molecule has 2 heterocycles. The van der Waals surface area contributed by atoms with Gasteiger partial charge in [-0.2, -0.15) is 4.68 Å². The van der Waals surface area contributed by atoms with Crippen molar-refractivity contribution in [2.24, 2.45) is 13.0 Å². The molecule has 0 radical (unpaired) electrons. The number of hydrogen-bond donors (Lipinski definition) is 1.